The topological polar surface area (TPSA) is 29.3 Å². The smallest absolute Gasteiger partial charge is 0.0187 e. The highest BCUT2D eigenvalue weighted by Crippen LogP contribution is 2.16. The lowest BCUT2D eigenvalue weighted by molar-refractivity contribution is 0.279. The minimum Gasteiger partial charge on any atom is -0.329 e. The summed E-state index contributed by atoms with van der Waals surface area (Å²) in [5, 5.41) is 0. The highest BCUT2D eigenvalue weighted by Gasteiger charge is 2.05. The van der Waals surface area contributed by atoms with Crippen LogP contribution in [0.5, 0.6) is 0 Å². The molecular weight excluding hydrogens is 204 g/mol. The van der Waals surface area contributed by atoms with E-state index >= 15 is 0 Å². The second kappa shape index (κ2) is 6.88. The van der Waals surface area contributed by atoms with E-state index in [0.29, 0.717) is 6.04 Å². The van der Waals surface area contributed by atoms with Gasteiger partial charge in [-0.25, -0.2) is 0 Å². The molecule has 0 aliphatic rings. The first-order chi connectivity index (χ1) is 7.24. The van der Waals surface area contributed by atoms with Crippen LogP contribution in [0, 0.1) is 0 Å². The molecule has 0 aliphatic carbocycles. The Hall–Kier alpha value is -0.510. The Kier molecular flexibility index (Phi) is 5.76. The number of hydrogen-bond donors (Lipinski definition) is 1. The molecule has 0 aliphatic heterocycles. The summed E-state index contributed by atoms with van der Waals surface area (Å²) in [5.41, 5.74) is 5.61. The van der Waals surface area contributed by atoms with Gasteiger partial charge in [-0.2, -0.15) is 0 Å². The molecule has 2 N–H and O–H groups in total. The van der Waals surface area contributed by atoms with Crippen molar-refractivity contribution in [3.8, 4) is 0 Å². The summed E-state index contributed by atoms with van der Waals surface area (Å²) in [5.74, 6) is 1.12. The quantitative estimate of drug-likeness (QED) is 0.750. The zero-order valence-electron chi connectivity index (χ0n) is 9.52. The maximum Gasteiger partial charge on any atom is 0.0187 e. The van der Waals surface area contributed by atoms with E-state index in [0.717, 1.165) is 18.8 Å². The average Bonchev–Trinajstić information content (AvgIpc) is 2.29. The van der Waals surface area contributed by atoms with Gasteiger partial charge in [0.2, 0.25) is 0 Å². The predicted molar refractivity (Wildman–Crippen MR) is 68.3 cm³/mol. The fourth-order valence-corrected chi connectivity index (χ4v) is 2.19. The summed E-state index contributed by atoms with van der Waals surface area (Å²) in [6, 6.07) is 11.0. The molecule has 0 bridgehead atoms. The second-order valence-corrected chi connectivity index (χ2v) is 4.90. The molecular formula is C12H20N2S. The van der Waals surface area contributed by atoms with Crippen molar-refractivity contribution in [2.45, 2.75) is 17.9 Å². The number of hydrogen-bond acceptors (Lipinski definition) is 3. The van der Waals surface area contributed by atoms with Gasteiger partial charge in [0.15, 0.2) is 0 Å². The molecule has 84 valence electrons. The third-order valence-corrected chi connectivity index (χ3v) is 3.54. The molecule has 1 atom stereocenters. The van der Waals surface area contributed by atoms with E-state index in [1.165, 1.54) is 4.90 Å². The number of nitrogens with two attached hydrogens (primary N) is 1. The summed E-state index contributed by atoms with van der Waals surface area (Å²) < 4.78 is 0. The van der Waals surface area contributed by atoms with E-state index in [-0.39, 0.29) is 0 Å². The van der Waals surface area contributed by atoms with E-state index in [4.69, 9.17) is 5.73 Å². The SMILES string of the molecule is CC(CN)N(C)CCSc1ccccc1. The predicted octanol–water partition coefficient (Wildman–Crippen LogP) is 2.06. The molecule has 0 saturated carbocycles. The van der Waals surface area contributed by atoms with Crippen molar-refractivity contribution in [3.05, 3.63) is 30.3 Å². The molecule has 0 aromatic heterocycles. The molecule has 1 aromatic carbocycles. The standard InChI is InChI=1S/C12H20N2S/c1-11(10-13)14(2)8-9-15-12-6-4-3-5-7-12/h3-7,11H,8-10,13H2,1-2H3. The fraction of sp³-hybridized carbons (Fsp3) is 0.500. The monoisotopic (exact) mass is 224 g/mol. The van der Waals surface area contributed by atoms with Crippen molar-refractivity contribution in [1.29, 1.82) is 0 Å². The van der Waals surface area contributed by atoms with Crippen LogP contribution in [-0.2, 0) is 0 Å². The number of thioether (sulfide) groups is 1. The first kappa shape index (κ1) is 12.6. The number of rotatable bonds is 6. The van der Waals surface area contributed by atoms with Crippen LogP contribution in [0.2, 0.25) is 0 Å². The Morgan fingerprint density at radius 1 is 1.33 bits per heavy atom. The largest absolute Gasteiger partial charge is 0.329 e. The Labute approximate surface area is 96.8 Å². The van der Waals surface area contributed by atoms with Crippen LogP contribution in [0.25, 0.3) is 0 Å². The van der Waals surface area contributed by atoms with Crippen molar-refractivity contribution in [2.24, 2.45) is 5.73 Å². The van der Waals surface area contributed by atoms with Crippen molar-refractivity contribution in [1.82, 2.24) is 4.90 Å². The summed E-state index contributed by atoms with van der Waals surface area (Å²) in [6.07, 6.45) is 0. The summed E-state index contributed by atoms with van der Waals surface area (Å²) >= 11 is 1.89. The minimum absolute atomic E-state index is 0.473. The average molecular weight is 224 g/mol. The van der Waals surface area contributed by atoms with Gasteiger partial charge in [0.1, 0.15) is 0 Å². The highest BCUT2D eigenvalue weighted by molar-refractivity contribution is 7.99. The molecule has 0 saturated heterocycles. The van der Waals surface area contributed by atoms with Gasteiger partial charge in [-0.05, 0) is 26.1 Å². The fourth-order valence-electron chi connectivity index (χ4n) is 1.22. The van der Waals surface area contributed by atoms with Gasteiger partial charge in [0.05, 0.1) is 0 Å². The lowest BCUT2D eigenvalue weighted by Crippen LogP contribution is -2.36. The first-order valence-corrected chi connectivity index (χ1v) is 6.30. The molecule has 1 rings (SSSR count). The van der Waals surface area contributed by atoms with Crippen LogP contribution >= 0.6 is 11.8 Å². The van der Waals surface area contributed by atoms with Crippen LogP contribution in [0.1, 0.15) is 6.92 Å². The maximum absolute atomic E-state index is 5.61. The van der Waals surface area contributed by atoms with Gasteiger partial charge in [-0.1, -0.05) is 18.2 Å². The van der Waals surface area contributed by atoms with E-state index in [9.17, 15) is 0 Å². The Balaban J connectivity index is 2.22. The van der Waals surface area contributed by atoms with Gasteiger partial charge in [0.25, 0.3) is 0 Å². The first-order valence-electron chi connectivity index (χ1n) is 5.32. The van der Waals surface area contributed by atoms with Crippen LogP contribution in [-0.4, -0.2) is 36.8 Å². The number of nitrogens with zero attached hydrogens (tertiary/aromatic N) is 1. The van der Waals surface area contributed by atoms with Gasteiger partial charge in [-0.3, -0.25) is 0 Å². The molecule has 1 aromatic rings. The Bertz CT molecular complexity index is 264. The van der Waals surface area contributed by atoms with E-state index < -0.39 is 0 Å². The zero-order chi connectivity index (χ0) is 11.1. The summed E-state index contributed by atoms with van der Waals surface area (Å²) in [6.45, 7) is 3.97. The van der Waals surface area contributed by atoms with Crippen molar-refractivity contribution < 1.29 is 0 Å². The molecule has 0 fully saturated rings. The molecule has 1 unspecified atom stereocenters. The molecule has 2 nitrogen and oxygen atoms in total. The molecule has 0 heterocycles. The van der Waals surface area contributed by atoms with Crippen molar-refractivity contribution >= 4 is 11.8 Å². The van der Waals surface area contributed by atoms with E-state index in [2.05, 4.69) is 43.1 Å². The Morgan fingerprint density at radius 3 is 2.60 bits per heavy atom. The maximum atomic E-state index is 5.61. The molecule has 0 amide bonds. The summed E-state index contributed by atoms with van der Waals surface area (Å²) in [4.78, 5) is 3.64. The lowest BCUT2D eigenvalue weighted by Gasteiger charge is -2.22. The van der Waals surface area contributed by atoms with E-state index in [1.807, 2.05) is 17.8 Å². The molecule has 3 heteroatoms. The number of likely N-dealkylation sites (N-methyl/N-ethyl adjacent to an activating group) is 1. The Morgan fingerprint density at radius 2 is 2.00 bits per heavy atom. The van der Waals surface area contributed by atoms with Crippen molar-refractivity contribution in [3.63, 3.8) is 0 Å². The van der Waals surface area contributed by atoms with Gasteiger partial charge >= 0.3 is 0 Å². The zero-order valence-corrected chi connectivity index (χ0v) is 10.3. The van der Waals surface area contributed by atoms with Crippen LogP contribution in [0.15, 0.2) is 35.2 Å². The van der Waals surface area contributed by atoms with Crippen molar-refractivity contribution in [2.75, 3.05) is 25.9 Å². The van der Waals surface area contributed by atoms with E-state index in [1.54, 1.807) is 0 Å². The van der Waals surface area contributed by atoms with Crippen LogP contribution in [0.4, 0.5) is 0 Å². The molecule has 15 heavy (non-hydrogen) atoms. The second-order valence-electron chi connectivity index (χ2n) is 3.73. The van der Waals surface area contributed by atoms with Gasteiger partial charge < -0.3 is 10.6 Å². The third kappa shape index (κ3) is 4.69. The third-order valence-electron chi connectivity index (χ3n) is 2.55. The van der Waals surface area contributed by atoms with Gasteiger partial charge in [0, 0.05) is 29.8 Å². The molecule has 0 radical (unpaired) electrons. The van der Waals surface area contributed by atoms with Gasteiger partial charge in [-0.15, -0.1) is 11.8 Å². The lowest BCUT2D eigenvalue weighted by atomic mass is 10.3. The van der Waals surface area contributed by atoms with Crippen LogP contribution < -0.4 is 5.73 Å². The van der Waals surface area contributed by atoms with Crippen LogP contribution in [0.3, 0.4) is 0 Å². The minimum atomic E-state index is 0.473. The normalized spacial score (nSPS) is 13.1. The number of benzene rings is 1. The molecule has 0 spiro atoms. The highest BCUT2D eigenvalue weighted by atomic mass is 32.2. The summed E-state index contributed by atoms with van der Waals surface area (Å²) in [7, 11) is 2.13.